The summed E-state index contributed by atoms with van der Waals surface area (Å²) in [6.07, 6.45) is 23.6. The first kappa shape index (κ1) is 55.3. The first-order valence-electron chi connectivity index (χ1n) is 23.2. The van der Waals surface area contributed by atoms with Crippen molar-refractivity contribution in [2.75, 3.05) is 65.9 Å². The topological polar surface area (TPSA) is 136 Å². The van der Waals surface area contributed by atoms with Crippen molar-refractivity contribution in [3.8, 4) is 0 Å². The molecule has 0 aliphatic rings. The van der Waals surface area contributed by atoms with Crippen molar-refractivity contribution >= 4 is 24.1 Å². The van der Waals surface area contributed by atoms with E-state index < -0.39 is 30.3 Å². The van der Waals surface area contributed by atoms with E-state index in [1.165, 1.54) is 70.6 Å². The van der Waals surface area contributed by atoms with E-state index in [9.17, 15) is 19.2 Å². The zero-order valence-electron chi connectivity index (χ0n) is 37.6. The van der Waals surface area contributed by atoms with Crippen LogP contribution in [0, 0.1) is 5.92 Å². The fraction of sp³-hybridized carbons (Fsp3) is 0.870. The molecule has 0 aromatic rings. The molecule has 0 fully saturated rings. The third kappa shape index (κ3) is 37.6. The molecule has 0 heterocycles. The van der Waals surface area contributed by atoms with E-state index in [2.05, 4.69) is 39.5 Å². The van der Waals surface area contributed by atoms with Crippen molar-refractivity contribution < 1.29 is 52.3 Å². The van der Waals surface area contributed by atoms with Crippen molar-refractivity contribution in [1.82, 2.24) is 4.90 Å². The van der Waals surface area contributed by atoms with E-state index in [0.717, 1.165) is 58.2 Å². The summed E-state index contributed by atoms with van der Waals surface area (Å²) in [4.78, 5) is 52.2. The molecule has 0 saturated carbocycles. The first-order chi connectivity index (χ1) is 28.3. The Morgan fingerprint density at radius 3 is 1.55 bits per heavy atom. The monoisotopic (exact) mass is 828 g/mol. The van der Waals surface area contributed by atoms with Gasteiger partial charge in [0.05, 0.1) is 18.9 Å². The van der Waals surface area contributed by atoms with Crippen molar-refractivity contribution in [3.05, 3.63) is 12.2 Å². The Bertz CT molecular complexity index is 986. The van der Waals surface area contributed by atoms with E-state index in [4.69, 9.17) is 33.2 Å². The number of rotatable bonds is 42. The third-order valence-corrected chi connectivity index (χ3v) is 9.81. The molecule has 0 amide bonds. The van der Waals surface area contributed by atoms with Crippen LogP contribution < -0.4 is 0 Å². The van der Waals surface area contributed by atoms with Gasteiger partial charge in [0, 0.05) is 39.0 Å². The highest BCUT2D eigenvalue weighted by atomic mass is 16.7. The van der Waals surface area contributed by atoms with E-state index >= 15 is 0 Å². The van der Waals surface area contributed by atoms with Crippen LogP contribution in [-0.4, -0.2) is 101 Å². The third-order valence-electron chi connectivity index (χ3n) is 9.81. The number of ether oxygens (including phenoxy) is 7. The van der Waals surface area contributed by atoms with Gasteiger partial charge in [0.15, 0.2) is 6.29 Å². The predicted octanol–water partition coefficient (Wildman–Crippen LogP) is 10.7. The van der Waals surface area contributed by atoms with Crippen molar-refractivity contribution in [2.24, 2.45) is 5.92 Å². The van der Waals surface area contributed by atoms with Gasteiger partial charge in [-0.25, -0.2) is 4.79 Å². The fourth-order valence-electron chi connectivity index (χ4n) is 6.03. The number of nitrogens with zero attached hydrogens (tertiary/aromatic N) is 1. The molecule has 0 aromatic heterocycles. The van der Waals surface area contributed by atoms with Crippen LogP contribution in [-0.2, 0) is 47.5 Å². The van der Waals surface area contributed by atoms with E-state index in [1.54, 1.807) is 0 Å². The van der Waals surface area contributed by atoms with Gasteiger partial charge in [-0.3, -0.25) is 14.4 Å². The summed E-state index contributed by atoms with van der Waals surface area (Å²) in [6, 6.07) is 0. The maximum Gasteiger partial charge on any atom is 0.508 e. The number of unbranched alkanes of at least 4 members (excludes halogenated alkanes) is 14. The SMILES string of the molecule is CCCCCC/C=C/COC(=O)CCCC(=O)OCC(COC(=O)CCC(OCCCCCCCC)OCCCCCCCC)COC(=O)OCCCN(CC)CC. The quantitative estimate of drug-likeness (QED) is 0.0190. The summed E-state index contributed by atoms with van der Waals surface area (Å²) in [5, 5.41) is 0. The van der Waals surface area contributed by atoms with Crippen LogP contribution in [0.3, 0.4) is 0 Å². The summed E-state index contributed by atoms with van der Waals surface area (Å²) >= 11 is 0. The Labute approximate surface area is 353 Å². The number of carbonyl (C=O) groups is 4. The lowest BCUT2D eigenvalue weighted by molar-refractivity contribution is -0.161. The van der Waals surface area contributed by atoms with Gasteiger partial charge >= 0.3 is 24.1 Å². The molecule has 0 radical (unpaired) electrons. The molecule has 12 nitrogen and oxygen atoms in total. The number of carbonyl (C=O) groups excluding carboxylic acids is 4. The van der Waals surface area contributed by atoms with Crippen LogP contribution in [0.15, 0.2) is 12.2 Å². The molecule has 0 N–H and O–H groups in total. The molecule has 1 unspecified atom stereocenters. The van der Waals surface area contributed by atoms with Crippen molar-refractivity contribution in [2.45, 2.75) is 189 Å². The second kappa shape index (κ2) is 42.4. The molecule has 0 aromatic carbocycles. The summed E-state index contributed by atoms with van der Waals surface area (Å²) < 4.78 is 38.9. The largest absolute Gasteiger partial charge is 0.508 e. The molecule has 58 heavy (non-hydrogen) atoms. The highest BCUT2D eigenvalue weighted by Gasteiger charge is 2.20. The van der Waals surface area contributed by atoms with Crippen molar-refractivity contribution in [1.29, 1.82) is 0 Å². The standard InChI is InChI=1S/C46H85NO11/c1-6-11-14-17-20-23-24-34-52-42(48)29-27-30-43(49)56-38-41(40-58-46(51)55-37-28-33-47(9-4)10-5)39-57-44(50)31-32-45(53-35-25-21-18-15-12-7-2)54-36-26-22-19-16-13-8-3/h23-24,41,45H,6-22,25-40H2,1-5H3/b24-23+. The molecule has 340 valence electrons. The molecule has 0 aliphatic carbocycles. The van der Waals surface area contributed by atoms with Crippen LogP contribution in [0.1, 0.15) is 182 Å². The second-order valence-corrected chi connectivity index (χ2v) is 15.1. The minimum absolute atomic E-state index is 0.0170. The number of allylic oxidation sites excluding steroid dienone is 1. The van der Waals surface area contributed by atoms with Gasteiger partial charge in [-0.2, -0.15) is 0 Å². The maximum absolute atomic E-state index is 12.9. The van der Waals surface area contributed by atoms with Crippen LogP contribution in [0.5, 0.6) is 0 Å². The molecule has 12 heteroatoms. The zero-order chi connectivity index (χ0) is 42.7. The molecule has 0 aliphatic heterocycles. The summed E-state index contributed by atoms with van der Waals surface area (Å²) in [7, 11) is 0. The number of esters is 3. The molecular formula is C46H85NO11. The molecule has 1 atom stereocenters. The van der Waals surface area contributed by atoms with E-state index in [0.29, 0.717) is 26.1 Å². The van der Waals surface area contributed by atoms with Gasteiger partial charge in [0.25, 0.3) is 0 Å². The summed E-state index contributed by atoms with van der Waals surface area (Å²) in [5.41, 5.74) is 0. The smallest absolute Gasteiger partial charge is 0.465 e. The Morgan fingerprint density at radius 2 is 0.983 bits per heavy atom. The van der Waals surface area contributed by atoms with Crippen LogP contribution in [0.25, 0.3) is 0 Å². The fourth-order valence-corrected chi connectivity index (χ4v) is 6.03. The van der Waals surface area contributed by atoms with Gasteiger partial charge in [-0.1, -0.05) is 130 Å². The molecule has 0 saturated heterocycles. The van der Waals surface area contributed by atoms with Crippen LogP contribution >= 0.6 is 0 Å². The summed E-state index contributed by atoms with van der Waals surface area (Å²) in [5.74, 6) is -1.95. The van der Waals surface area contributed by atoms with Crippen molar-refractivity contribution in [3.63, 3.8) is 0 Å². The minimum Gasteiger partial charge on any atom is -0.465 e. The molecule has 0 bridgehead atoms. The second-order valence-electron chi connectivity index (χ2n) is 15.1. The lowest BCUT2D eigenvalue weighted by atomic mass is 10.1. The average Bonchev–Trinajstić information content (AvgIpc) is 3.22. The Kier molecular flexibility index (Phi) is 40.4. The van der Waals surface area contributed by atoms with E-state index in [-0.39, 0.29) is 64.7 Å². The zero-order valence-corrected chi connectivity index (χ0v) is 37.6. The van der Waals surface area contributed by atoms with Gasteiger partial charge < -0.3 is 38.1 Å². The normalized spacial score (nSPS) is 12.0. The Balaban J connectivity index is 4.97. The maximum atomic E-state index is 12.9. The Hall–Kier alpha value is -2.70. The Morgan fingerprint density at radius 1 is 0.483 bits per heavy atom. The minimum atomic E-state index is -0.833. The lowest BCUT2D eigenvalue weighted by Gasteiger charge is -2.20. The predicted molar refractivity (Wildman–Crippen MR) is 229 cm³/mol. The highest BCUT2D eigenvalue weighted by Crippen LogP contribution is 2.13. The molecule has 0 spiro atoms. The van der Waals surface area contributed by atoms with Crippen LogP contribution in [0.4, 0.5) is 4.79 Å². The van der Waals surface area contributed by atoms with Gasteiger partial charge in [-0.05, 0) is 51.6 Å². The van der Waals surface area contributed by atoms with Gasteiger partial charge in [0.2, 0.25) is 0 Å². The number of hydrogen-bond donors (Lipinski definition) is 0. The first-order valence-corrected chi connectivity index (χ1v) is 23.2. The van der Waals surface area contributed by atoms with Crippen LogP contribution in [0.2, 0.25) is 0 Å². The van der Waals surface area contributed by atoms with Gasteiger partial charge in [-0.15, -0.1) is 0 Å². The number of hydrogen-bond acceptors (Lipinski definition) is 12. The average molecular weight is 828 g/mol. The molecular weight excluding hydrogens is 743 g/mol. The van der Waals surface area contributed by atoms with E-state index in [1.807, 2.05) is 12.2 Å². The lowest BCUT2D eigenvalue weighted by Crippen LogP contribution is -2.28. The van der Waals surface area contributed by atoms with Gasteiger partial charge in [0.1, 0.15) is 26.4 Å². The molecule has 0 rings (SSSR count). The highest BCUT2D eigenvalue weighted by molar-refractivity contribution is 5.72. The summed E-state index contributed by atoms with van der Waals surface area (Å²) in [6.45, 7) is 14.5.